The molecule has 0 aromatic rings. The number of rotatable bonds is 11. The number of amides is 1. The highest BCUT2D eigenvalue weighted by Crippen LogP contribution is 2.44. The maximum absolute atomic E-state index is 12.4. The Balaban J connectivity index is 2.81. The number of nitrogens with zero attached hydrogens (tertiary/aromatic N) is 1. The van der Waals surface area contributed by atoms with Gasteiger partial charge in [-0.25, -0.2) is 0 Å². The molecule has 1 aliphatic rings. The monoisotopic (exact) mass is 346 g/mol. The number of allylic oxidation sites excluding steroid dienone is 10. The zero-order valence-corrected chi connectivity index (χ0v) is 15.2. The van der Waals surface area contributed by atoms with E-state index in [1.807, 2.05) is 12.2 Å². The summed E-state index contributed by atoms with van der Waals surface area (Å²) in [6, 6.07) is 0. The average Bonchev–Trinajstić information content (AvgIpc) is 3.45. The van der Waals surface area contributed by atoms with Crippen LogP contribution in [0.4, 0.5) is 0 Å². The van der Waals surface area contributed by atoms with Crippen molar-refractivity contribution in [3.8, 4) is 0 Å². The lowest BCUT2D eigenvalue weighted by molar-refractivity contribution is -0.121. The molecule has 2 unspecified atom stereocenters. The van der Waals surface area contributed by atoms with Crippen LogP contribution in [0, 0.1) is 11.8 Å². The second-order valence-corrected chi connectivity index (χ2v) is 5.75. The average molecular weight is 346 g/mol. The first kappa shape index (κ1) is 20.8. The molecule has 1 fully saturated rings. The predicted octanol–water partition coefficient (Wildman–Crippen LogP) is 4.99. The van der Waals surface area contributed by atoms with Crippen molar-refractivity contribution in [1.82, 2.24) is 5.32 Å². The van der Waals surface area contributed by atoms with Gasteiger partial charge in [0.15, 0.2) is 0 Å². The van der Waals surface area contributed by atoms with E-state index in [2.05, 4.69) is 49.8 Å². The van der Waals surface area contributed by atoms with Crippen LogP contribution in [0.2, 0.25) is 0 Å². The molecule has 134 valence electrons. The van der Waals surface area contributed by atoms with Gasteiger partial charge in [-0.3, -0.25) is 9.79 Å². The zero-order valence-electron chi connectivity index (χ0n) is 15.2. The van der Waals surface area contributed by atoms with Crippen LogP contribution < -0.4 is 5.32 Å². The van der Waals surface area contributed by atoms with Crippen LogP contribution in [0.15, 0.2) is 116 Å². The van der Waals surface area contributed by atoms with Crippen LogP contribution in [-0.2, 0) is 4.79 Å². The largest absolute Gasteiger partial charge is 0.326 e. The molecular formula is C23H26N2O. The van der Waals surface area contributed by atoms with Crippen LogP contribution in [0.1, 0.15) is 6.42 Å². The van der Waals surface area contributed by atoms with Gasteiger partial charge in [-0.1, -0.05) is 75.4 Å². The van der Waals surface area contributed by atoms with Gasteiger partial charge in [0.2, 0.25) is 5.91 Å². The maximum atomic E-state index is 12.4. The lowest BCUT2D eigenvalue weighted by Gasteiger charge is -2.06. The van der Waals surface area contributed by atoms with Crippen molar-refractivity contribution in [1.29, 1.82) is 0 Å². The molecule has 3 heteroatoms. The molecule has 1 aliphatic carbocycles. The van der Waals surface area contributed by atoms with Crippen molar-refractivity contribution in [2.75, 3.05) is 0 Å². The fourth-order valence-corrected chi connectivity index (χ4v) is 2.27. The molecule has 0 saturated heterocycles. The van der Waals surface area contributed by atoms with E-state index in [1.165, 1.54) is 6.20 Å². The molecule has 0 heterocycles. The third-order valence-electron chi connectivity index (χ3n) is 3.92. The van der Waals surface area contributed by atoms with Crippen molar-refractivity contribution in [3.63, 3.8) is 0 Å². The zero-order chi connectivity index (χ0) is 19.5. The van der Waals surface area contributed by atoms with Crippen molar-refractivity contribution in [2.24, 2.45) is 16.8 Å². The van der Waals surface area contributed by atoms with E-state index < -0.39 is 0 Å². The molecule has 0 bridgehead atoms. The molecule has 26 heavy (non-hydrogen) atoms. The van der Waals surface area contributed by atoms with Crippen LogP contribution >= 0.6 is 0 Å². The van der Waals surface area contributed by atoms with E-state index >= 15 is 0 Å². The fraction of sp³-hybridized carbons (Fsp3) is 0.130. The number of carbonyl (C=O) groups is 1. The van der Waals surface area contributed by atoms with E-state index in [9.17, 15) is 4.79 Å². The van der Waals surface area contributed by atoms with Gasteiger partial charge in [0.25, 0.3) is 0 Å². The summed E-state index contributed by atoms with van der Waals surface area (Å²) in [7, 11) is 0. The molecule has 0 aromatic carbocycles. The Morgan fingerprint density at radius 1 is 1.04 bits per heavy atom. The minimum atomic E-state index is -0.0609. The van der Waals surface area contributed by atoms with Gasteiger partial charge < -0.3 is 5.32 Å². The molecule has 1 rings (SSSR count). The summed E-state index contributed by atoms with van der Waals surface area (Å²) in [6.45, 7) is 22.5. The summed E-state index contributed by atoms with van der Waals surface area (Å²) in [5, 5.41) is 2.89. The van der Waals surface area contributed by atoms with E-state index in [-0.39, 0.29) is 17.7 Å². The van der Waals surface area contributed by atoms with Gasteiger partial charge in [0.05, 0.1) is 0 Å². The van der Waals surface area contributed by atoms with E-state index in [1.54, 1.807) is 36.6 Å². The number of nitrogens with one attached hydrogen (secondary N) is 1. The summed E-state index contributed by atoms with van der Waals surface area (Å²) < 4.78 is 0. The summed E-state index contributed by atoms with van der Waals surface area (Å²) in [4.78, 5) is 16.4. The predicted molar refractivity (Wildman–Crippen MR) is 113 cm³/mol. The fourth-order valence-electron chi connectivity index (χ4n) is 2.27. The molecule has 1 saturated carbocycles. The third kappa shape index (κ3) is 6.36. The minimum Gasteiger partial charge on any atom is -0.326 e. The van der Waals surface area contributed by atoms with Gasteiger partial charge in [0, 0.05) is 24.0 Å². The smallest absolute Gasteiger partial charge is 0.228 e. The highest BCUT2D eigenvalue weighted by molar-refractivity contribution is 5.87. The highest BCUT2D eigenvalue weighted by Gasteiger charge is 2.43. The Labute approximate surface area is 156 Å². The standard InChI is InChI=1S/C23H26N2O/c1-7-11-12-18(6)21-15-22(21)23(26)25-20(9-3)14-13-19(16-24-10-4)17(5)8-2/h7-14,16,21-22H,1-6,15H2,(H,25,26)/b12-11-,19-13-,20-14+,24-16?. The summed E-state index contributed by atoms with van der Waals surface area (Å²) in [6.07, 6.45) is 16.1. The molecule has 3 nitrogen and oxygen atoms in total. The van der Waals surface area contributed by atoms with Gasteiger partial charge >= 0.3 is 0 Å². The van der Waals surface area contributed by atoms with Gasteiger partial charge in [-0.15, -0.1) is 0 Å². The van der Waals surface area contributed by atoms with Crippen LogP contribution in [0.5, 0.6) is 0 Å². The maximum Gasteiger partial charge on any atom is 0.228 e. The van der Waals surface area contributed by atoms with E-state index in [4.69, 9.17) is 0 Å². The molecule has 0 aromatic heterocycles. The molecule has 1 amide bonds. The normalized spacial score (nSPS) is 19.8. The Hall–Kier alpha value is -3.20. The summed E-state index contributed by atoms with van der Waals surface area (Å²) in [5.74, 6) is 0.0874. The van der Waals surface area contributed by atoms with Crippen LogP contribution in [0.3, 0.4) is 0 Å². The third-order valence-corrected chi connectivity index (χ3v) is 3.92. The number of hydrogen-bond donors (Lipinski definition) is 1. The minimum absolute atomic E-state index is 0.0356. The second kappa shape index (κ2) is 10.6. The Morgan fingerprint density at radius 3 is 2.35 bits per heavy atom. The molecular weight excluding hydrogens is 320 g/mol. The van der Waals surface area contributed by atoms with Crippen LogP contribution in [-0.4, -0.2) is 12.1 Å². The Morgan fingerprint density at radius 2 is 1.77 bits per heavy atom. The van der Waals surface area contributed by atoms with E-state index in [0.717, 1.165) is 17.6 Å². The van der Waals surface area contributed by atoms with Gasteiger partial charge in [-0.05, 0) is 35.6 Å². The number of hydrogen-bond acceptors (Lipinski definition) is 2. The number of carbonyl (C=O) groups excluding carboxylic acids is 1. The summed E-state index contributed by atoms with van der Waals surface area (Å²) >= 11 is 0. The van der Waals surface area contributed by atoms with E-state index in [0.29, 0.717) is 11.3 Å². The first-order valence-corrected chi connectivity index (χ1v) is 8.27. The molecule has 2 atom stereocenters. The molecule has 1 N–H and O–H groups in total. The SMILES string of the molecule is C=C/C=C\C(=C)C1CC1C(=O)N/C(C=C)=C/C=C(/C=NC=C)C(=C)C=C. The van der Waals surface area contributed by atoms with Crippen molar-refractivity contribution < 1.29 is 4.79 Å². The molecule has 0 aliphatic heterocycles. The Kier molecular flexibility index (Phi) is 8.51. The van der Waals surface area contributed by atoms with Crippen LogP contribution in [0.25, 0.3) is 0 Å². The Bertz CT molecular complexity index is 744. The second-order valence-electron chi connectivity index (χ2n) is 5.75. The lowest BCUT2D eigenvalue weighted by atomic mass is 10.1. The molecule has 0 spiro atoms. The summed E-state index contributed by atoms with van der Waals surface area (Å²) in [5.41, 5.74) is 3.03. The first-order valence-electron chi connectivity index (χ1n) is 8.27. The van der Waals surface area contributed by atoms with Gasteiger partial charge in [0.1, 0.15) is 0 Å². The van der Waals surface area contributed by atoms with Crippen molar-refractivity contribution >= 4 is 12.1 Å². The number of aliphatic imine (C=N–C) groups is 1. The van der Waals surface area contributed by atoms with Gasteiger partial charge in [-0.2, -0.15) is 0 Å². The first-order chi connectivity index (χ1) is 12.5. The highest BCUT2D eigenvalue weighted by atomic mass is 16.2. The quantitative estimate of drug-likeness (QED) is 0.415. The molecule has 0 radical (unpaired) electrons. The topological polar surface area (TPSA) is 41.5 Å². The lowest BCUT2D eigenvalue weighted by Crippen LogP contribution is -2.24. The van der Waals surface area contributed by atoms with Crippen molar-refractivity contribution in [3.05, 3.63) is 111 Å². The van der Waals surface area contributed by atoms with Crippen molar-refractivity contribution in [2.45, 2.75) is 6.42 Å².